The van der Waals surface area contributed by atoms with Crippen molar-refractivity contribution in [3.8, 4) is 5.69 Å². The fourth-order valence-electron chi connectivity index (χ4n) is 1.63. The van der Waals surface area contributed by atoms with Gasteiger partial charge in [-0.05, 0) is 0 Å². The van der Waals surface area contributed by atoms with Crippen LogP contribution in [-0.4, -0.2) is 20.9 Å². The van der Waals surface area contributed by atoms with Crippen LogP contribution in [-0.2, 0) is 6.18 Å². The van der Waals surface area contributed by atoms with Crippen molar-refractivity contribution in [2.75, 3.05) is 0 Å². The highest BCUT2D eigenvalue weighted by Gasteiger charge is 2.41. The molecular formula is C11H4F6N2O2. The number of benzene rings is 1. The molecule has 2 rings (SSSR count). The molecule has 0 bridgehead atoms. The van der Waals surface area contributed by atoms with E-state index < -0.39 is 46.5 Å². The van der Waals surface area contributed by atoms with Crippen LogP contribution < -0.4 is 0 Å². The monoisotopic (exact) mass is 310 g/mol. The summed E-state index contributed by atoms with van der Waals surface area (Å²) in [7, 11) is 0. The lowest BCUT2D eigenvalue weighted by Gasteiger charge is -2.12. The van der Waals surface area contributed by atoms with Crippen LogP contribution in [0.4, 0.5) is 26.3 Å². The summed E-state index contributed by atoms with van der Waals surface area (Å²) in [5.74, 6) is -6.68. The molecular weight excluding hydrogens is 306 g/mol. The number of carboxylic acids is 1. The van der Waals surface area contributed by atoms with Gasteiger partial charge in [-0.15, -0.1) is 0 Å². The summed E-state index contributed by atoms with van der Waals surface area (Å²) in [6.45, 7) is 0. The molecule has 0 radical (unpaired) electrons. The van der Waals surface area contributed by atoms with Gasteiger partial charge in [0.15, 0.2) is 23.1 Å². The minimum atomic E-state index is -5.19. The van der Waals surface area contributed by atoms with Gasteiger partial charge >= 0.3 is 12.1 Å². The highest BCUT2D eigenvalue weighted by Crippen LogP contribution is 2.34. The first-order chi connectivity index (χ1) is 9.62. The molecule has 4 nitrogen and oxygen atoms in total. The molecule has 112 valence electrons. The van der Waals surface area contributed by atoms with Crippen LogP contribution in [0.15, 0.2) is 18.3 Å². The van der Waals surface area contributed by atoms with E-state index in [1.807, 2.05) is 0 Å². The van der Waals surface area contributed by atoms with Crippen LogP contribution in [0.5, 0.6) is 0 Å². The smallest absolute Gasteiger partial charge is 0.434 e. The fraction of sp³-hybridized carbons (Fsp3) is 0.0909. The van der Waals surface area contributed by atoms with Gasteiger partial charge in [-0.2, -0.15) is 18.3 Å². The molecule has 0 amide bonds. The summed E-state index contributed by atoms with van der Waals surface area (Å²) in [6.07, 6.45) is -4.85. The third-order valence-corrected chi connectivity index (χ3v) is 2.49. The molecule has 10 heteroatoms. The number of rotatable bonds is 2. The second-order valence-electron chi connectivity index (χ2n) is 3.84. The standard InChI is InChI=1S/C11H4F6N2O2/c12-5-1-7(14)8(2-6(5)13)19-9(11(15,16)17)4(3-18-19)10(20)21/h1-3H,(H,20,21). The second-order valence-corrected chi connectivity index (χ2v) is 3.84. The Morgan fingerprint density at radius 3 is 2.19 bits per heavy atom. The van der Waals surface area contributed by atoms with Crippen LogP contribution in [0, 0.1) is 17.5 Å². The van der Waals surface area contributed by atoms with E-state index in [1.165, 1.54) is 0 Å². The van der Waals surface area contributed by atoms with E-state index in [1.54, 1.807) is 0 Å². The Kier molecular flexibility index (Phi) is 3.39. The Bertz CT molecular complexity index is 722. The molecule has 0 saturated carbocycles. The lowest BCUT2D eigenvalue weighted by atomic mass is 10.2. The largest absolute Gasteiger partial charge is 0.478 e. The van der Waals surface area contributed by atoms with Crippen LogP contribution in [0.25, 0.3) is 5.69 Å². The Balaban J connectivity index is 2.77. The van der Waals surface area contributed by atoms with Gasteiger partial charge in [-0.25, -0.2) is 22.6 Å². The lowest BCUT2D eigenvalue weighted by molar-refractivity contribution is -0.143. The van der Waals surface area contributed by atoms with Crippen molar-refractivity contribution in [2.24, 2.45) is 0 Å². The molecule has 0 atom stereocenters. The summed E-state index contributed by atoms with van der Waals surface area (Å²) < 4.78 is 77.9. The van der Waals surface area contributed by atoms with Crippen molar-refractivity contribution in [2.45, 2.75) is 6.18 Å². The van der Waals surface area contributed by atoms with E-state index >= 15 is 0 Å². The number of carbonyl (C=O) groups is 1. The number of hydrogen-bond acceptors (Lipinski definition) is 2. The van der Waals surface area contributed by atoms with Gasteiger partial charge in [-0.3, -0.25) is 0 Å². The van der Waals surface area contributed by atoms with Crippen molar-refractivity contribution in [3.05, 3.63) is 47.0 Å². The first-order valence-electron chi connectivity index (χ1n) is 5.16. The molecule has 0 aliphatic heterocycles. The molecule has 0 aliphatic carbocycles. The van der Waals surface area contributed by atoms with Gasteiger partial charge < -0.3 is 5.11 Å². The van der Waals surface area contributed by atoms with E-state index in [9.17, 15) is 31.1 Å². The van der Waals surface area contributed by atoms with E-state index in [0.717, 1.165) is 0 Å². The first-order valence-corrected chi connectivity index (χ1v) is 5.16. The molecule has 0 unspecified atom stereocenters. The molecule has 0 fully saturated rings. The number of carboxylic acid groups (broad SMARTS) is 1. The molecule has 0 aliphatic rings. The van der Waals surface area contributed by atoms with Gasteiger partial charge in [0.05, 0.1) is 6.20 Å². The molecule has 0 spiro atoms. The van der Waals surface area contributed by atoms with Crippen molar-refractivity contribution in [1.82, 2.24) is 9.78 Å². The van der Waals surface area contributed by atoms with E-state index in [4.69, 9.17) is 5.11 Å². The van der Waals surface area contributed by atoms with Gasteiger partial charge in [0, 0.05) is 12.1 Å². The summed E-state index contributed by atoms with van der Waals surface area (Å²) in [4.78, 5) is 10.7. The van der Waals surface area contributed by atoms with E-state index in [2.05, 4.69) is 5.10 Å². The van der Waals surface area contributed by atoms with Gasteiger partial charge in [0.25, 0.3) is 0 Å². The zero-order valence-electron chi connectivity index (χ0n) is 9.75. The zero-order chi connectivity index (χ0) is 15.9. The van der Waals surface area contributed by atoms with Crippen molar-refractivity contribution in [1.29, 1.82) is 0 Å². The second kappa shape index (κ2) is 4.79. The molecule has 1 aromatic heterocycles. The van der Waals surface area contributed by atoms with Crippen LogP contribution in [0.2, 0.25) is 0 Å². The maximum Gasteiger partial charge on any atom is 0.434 e. The number of aromatic nitrogens is 2. The highest BCUT2D eigenvalue weighted by molar-refractivity contribution is 5.89. The SMILES string of the molecule is O=C(O)c1cnn(-c2cc(F)c(F)cc2F)c1C(F)(F)F. The molecule has 1 aromatic carbocycles. The average molecular weight is 310 g/mol. The van der Waals surface area contributed by atoms with E-state index in [-0.39, 0.29) is 16.8 Å². The summed E-state index contributed by atoms with van der Waals surface area (Å²) >= 11 is 0. The number of nitrogens with zero attached hydrogens (tertiary/aromatic N) is 2. The van der Waals surface area contributed by atoms with E-state index in [0.29, 0.717) is 6.20 Å². The number of hydrogen-bond donors (Lipinski definition) is 1. The normalized spacial score (nSPS) is 11.7. The third kappa shape index (κ3) is 2.56. The maximum absolute atomic E-state index is 13.5. The van der Waals surface area contributed by atoms with Gasteiger partial charge in [0.2, 0.25) is 0 Å². The molecule has 2 aromatic rings. The quantitative estimate of drug-likeness (QED) is 0.685. The average Bonchev–Trinajstić information content (AvgIpc) is 2.78. The Morgan fingerprint density at radius 1 is 1.10 bits per heavy atom. The first kappa shape index (κ1) is 14.9. The Labute approximate surface area is 112 Å². The predicted octanol–water partition coefficient (Wildman–Crippen LogP) is 3.01. The van der Waals surface area contributed by atoms with Crippen molar-refractivity contribution < 1.29 is 36.2 Å². The van der Waals surface area contributed by atoms with Crippen LogP contribution in [0.1, 0.15) is 16.1 Å². The summed E-state index contributed by atoms with van der Waals surface area (Å²) in [6, 6.07) is 0.186. The Morgan fingerprint density at radius 2 is 1.67 bits per heavy atom. The topological polar surface area (TPSA) is 55.1 Å². The number of halogens is 6. The van der Waals surface area contributed by atoms with Crippen LogP contribution >= 0.6 is 0 Å². The number of aromatic carboxylic acids is 1. The molecule has 1 N–H and O–H groups in total. The minimum Gasteiger partial charge on any atom is -0.478 e. The lowest BCUT2D eigenvalue weighted by Crippen LogP contribution is -2.18. The fourth-order valence-corrected chi connectivity index (χ4v) is 1.63. The van der Waals surface area contributed by atoms with Crippen molar-refractivity contribution >= 4 is 5.97 Å². The van der Waals surface area contributed by atoms with Crippen molar-refractivity contribution in [3.63, 3.8) is 0 Å². The van der Waals surface area contributed by atoms with Crippen LogP contribution in [0.3, 0.4) is 0 Å². The maximum atomic E-state index is 13.5. The number of alkyl halides is 3. The third-order valence-electron chi connectivity index (χ3n) is 2.49. The van der Waals surface area contributed by atoms with Gasteiger partial charge in [0.1, 0.15) is 11.3 Å². The molecule has 0 saturated heterocycles. The summed E-state index contributed by atoms with van der Waals surface area (Å²) in [5.41, 5.74) is -4.11. The van der Waals surface area contributed by atoms with Gasteiger partial charge in [-0.1, -0.05) is 0 Å². The Hall–Kier alpha value is -2.52. The molecule has 1 heterocycles. The zero-order valence-corrected chi connectivity index (χ0v) is 9.75. The minimum absolute atomic E-state index is 0.0347. The predicted molar refractivity (Wildman–Crippen MR) is 55.4 cm³/mol. The highest BCUT2D eigenvalue weighted by atomic mass is 19.4. The summed E-state index contributed by atoms with van der Waals surface area (Å²) in [5, 5.41) is 11.8. The molecule has 21 heavy (non-hydrogen) atoms.